The molecule has 2 heteroatoms. The van der Waals surface area contributed by atoms with Crippen LogP contribution in [0.25, 0.3) is 0 Å². The Kier molecular flexibility index (Phi) is 2.58. The molecule has 0 aromatic heterocycles. The highest BCUT2D eigenvalue weighted by molar-refractivity contribution is 5.59. The van der Waals surface area contributed by atoms with Crippen LogP contribution in [0, 0.1) is 50.4 Å². The first-order chi connectivity index (χ1) is 6.54. The number of hydrogen-bond donors (Lipinski definition) is 0. The fourth-order valence-corrected chi connectivity index (χ4v) is 1.59. The van der Waals surface area contributed by atoms with Crippen molar-refractivity contribution in [2.75, 3.05) is 0 Å². The van der Waals surface area contributed by atoms with Crippen LogP contribution in [-0.2, 0) is 0 Å². The topological polar surface area (TPSA) is 47.6 Å². The Morgan fingerprint density at radius 2 is 0.929 bits per heavy atom. The second kappa shape index (κ2) is 3.52. The molecule has 0 unspecified atom stereocenters. The maximum atomic E-state index is 8.97. The minimum Gasteiger partial charge on any atom is -0.192 e. The van der Waals surface area contributed by atoms with E-state index in [2.05, 4.69) is 12.1 Å². The number of rotatable bonds is 0. The van der Waals surface area contributed by atoms with Crippen LogP contribution in [0.2, 0.25) is 0 Å². The van der Waals surface area contributed by atoms with Gasteiger partial charge in [-0.1, -0.05) is 0 Å². The van der Waals surface area contributed by atoms with Gasteiger partial charge in [-0.3, -0.25) is 0 Å². The summed E-state index contributed by atoms with van der Waals surface area (Å²) in [5, 5.41) is 17.9. The molecule has 0 aliphatic carbocycles. The summed E-state index contributed by atoms with van der Waals surface area (Å²) in [6, 6.07) is 4.20. The first kappa shape index (κ1) is 10.3. The first-order valence-corrected chi connectivity index (χ1v) is 4.45. The van der Waals surface area contributed by atoms with E-state index in [9.17, 15) is 0 Å². The summed E-state index contributed by atoms with van der Waals surface area (Å²) in [5.41, 5.74) is 5.11. The maximum Gasteiger partial charge on any atom is 0.101 e. The Balaban J connectivity index is 3.79. The summed E-state index contributed by atoms with van der Waals surface area (Å²) < 4.78 is 0. The number of benzene rings is 1. The lowest BCUT2D eigenvalue weighted by atomic mass is 9.90. The van der Waals surface area contributed by atoms with E-state index in [0.717, 1.165) is 22.3 Å². The molecular formula is C12H12N2. The Morgan fingerprint density at radius 1 is 0.643 bits per heavy atom. The normalized spacial score (nSPS) is 9.29. The van der Waals surface area contributed by atoms with Gasteiger partial charge in [-0.05, 0) is 49.9 Å². The molecule has 2 nitrogen and oxygen atoms in total. The van der Waals surface area contributed by atoms with E-state index in [1.807, 2.05) is 27.7 Å². The van der Waals surface area contributed by atoms with Crippen LogP contribution in [0.3, 0.4) is 0 Å². The molecule has 0 aliphatic heterocycles. The van der Waals surface area contributed by atoms with Crippen molar-refractivity contribution in [2.24, 2.45) is 0 Å². The molecule has 70 valence electrons. The lowest BCUT2D eigenvalue weighted by Gasteiger charge is -2.12. The van der Waals surface area contributed by atoms with E-state index in [1.54, 1.807) is 0 Å². The summed E-state index contributed by atoms with van der Waals surface area (Å²) in [7, 11) is 0. The molecule has 0 amide bonds. The van der Waals surface area contributed by atoms with Gasteiger partial charge in [0, 0.05) is 0 Å². The quantitative estimate of drug-likeness (QED) is 0.622. The van der Waals surface area contributed by atoms with Crippen LogP contribution in [0.1, 0.15) is 33.4 Å². The Bertz CT molecular complexity index is 426. The fourth-order valence-electron chi connectivity index (χ4n) is 1.59. The Labute approximate surface area is 84.4 Å². The molecule has 1 aromatic carbocycles. The third kappa shape index (κ3) is 1.26. The van der Waals surface area contributed by atoms with E-state index in [0.29, 0.717) is 11.1 Å². The summed E-state index contributed by atoms with van der Waals surface area (Å²) in [5.74, 6) is 0. The third-order valence-electron chi connectivity index (χ3n) is 2.91. The first-order valence-electron chi connectivity index (χ1n) is 4.45. The van der Waals surface area contributed by atoms with E-state index in [-0.39, 0.29) is 0 Å². The molecule has 1 aromatic rings. The number of hydrogen-bond acceptors (Lipinski definition) is 2. The van der Waals surface area contributed by atoms with Gasteiger partial charge in [-0.15, -0.1) is 0 Å². The zero-order chi connectivity index (χ0) is 10.9. The van der Waals surface area contributed by atoms with Gasteiger partial charge < -0.3 is 0 Å². The van der Waals surface area contributed by atoms with Gasteiger partial charge in [0.05, 0.1) is 11.1 Å². The molecule has 0 N–H and O–H groups in total. The summed E-state index contributed by atoms with van der Waals surface area (Å²) in [6.07, 6.45) is 0. The highest BCUT2D eigenvalue weighted by Gasteiger charge is 2.13. The number of nitrogens with zero attached hydrogens (tertiary/aromatic N) is 2. The SMILES string of the molecule is Cc1c(C)c(C)c(C#N)c(C#N)c1C. The van der Waals surface area contributed by atoms with Gasteiger partial charge in [0.25, 0.3) is 0 Å². The van der Waals surface area contributed by atoms with Crippen molar-refractivity contribution < 1.29 is 0 Å². The minimum absolute atomic E-state index is 0.521. The van der Waals surface area contributed by atoms with Gasteiger partial charge >= 0.3 is 0 Å². The minimum atomic E-state index is 0.521. The average Bonchev–Trinajstić information content (AvgIpc) is 2.20. The standard InChI is InChI=1S/C12H12N2/c1-7-8(2)10(4)12(6-14)11(5-13)9(7)3/h1-4H3. The summed E-state index contributed by atoms with van der Waals surface area (Å²) in [6.45, 7) is 7.75. The number of nitriles is 2. The predicted molar refractivity (Wildman–Crippen MR) is 54.8 cm³/mol. The van der Waals surface area contributed by atoms with E-state index in [1.165, 1.54) is 0 Å². The fraction of sp³-hybridized carbons (Fsp3) is 0.333. The largest absolute Gasteiger partial charge is 0.192 e. The molecule has 0 saturated carbocycles. The van der Waals surface area contributed by atoms with Crippen molar-refractivity contribution in [1.82, 2.24) is 0 Å². The van der Waals surface area contributed by atoms with E-state index >= 15 is 0 Å². The van der Waals surface area contributed by atoms with Crippen molar-refractivity contribution in [3.63, 3.8) is 0 Å². The molecule has 1 rings (SSSR count). The zero-order valence-corrected chi connectivity index (χ0v) is 8.89. The highest BCUT2D eigenvalue weighted by atomic mass is 14.3. The summed E-state index contributed by atoms with van der Waals surface area (Å²) in [4.78, 5) is 0. The smallest absolute Gasteiger partial charge is 0.101 e. The van der Waals surface area contributed by atoms with Crippen molar-refractivity contribution in [3.05, 3.63) is 33.4 Å². The molecule has 0 saturated heterocycles. The van der Waals surface area contributed by atoms with Gasteiger partial charge in [-0.2, -0.15) is 10.5 Å². The average molecular weight is 184 g/mol. The van der Waals surface area contributed by atoms with Crippen LogP contribution < -0.4 is 0 Å². The molecule has 14 heavy (non-hydrogen) atoms. The molecular weight excluding hydrogens is 172 g/mol. The van der Waals surface area contributed by atoms with E-state index < -0.39 is 0 Å². The Hall–Kier alpha value is -1.80. The molecule has 0 atom stereocenters. The van der Waals surface area contributed by atoms with Crippen LogP contribution in [0.4, 0.5) is 0 Å². The lowest BCUT2D eigenvalue weighted by Crippen LogP contribution is -2.00. The predicted octanol–water partition coefficient (Wildman–Crippen LogP) is 2.66. The third-order valence-corrected chi connectivity index (χ3v) is 2.91. The zero-order valence-electron chi connectivity index (χ0n) is 8.89. The van der Waals surface area contributed by atoms with Gasteiger partial charge in [-0.25, -0.2) is 0 Å². The second-order valence-electron chi connectivity index (χ2n) is 3.47. The van der Waals surface area contributed by atoms with Gasteiger partial charge in [0.2, 0.25) is 0 Å². The molecule has 0 spiro atoms. The highest BCUT2D eigenvalue weighted by Crippen LogP contribution is 2.25. The lowest BCUT2D eigenvalue weighted by molar-refractivity contribution is 1.18. The molecule has 0 radical (unpaired) electrons. The van der Waals surface area contributed by atoms with Crippen molar-refractivity contribution >= 4 is 0 Å². The maximum absolute atomic E-state index is 8.97. The van der Waals surface area contributed by atoms with Gasteiger partial charge in [0.1, 0.15) is 12.1 Å². The Morgan fingerprint density at radius 3 is 1.14 bits per heavy atom. The molecule has 0 heterocycles. The van der Waals surface area contributed by atoms with Crippen LogP contribution in [-0.4, -0.2) is 0 Å². The summed E-state index contributed by atoms with van der Waals surface area (Å²) >= 11 is 0. The van der Waals surface area contributed by atoms with Crippen molar-refractivity contribution in [2.45, 2.75) is 27.7 Å². The van der Waals surface area contributed by atoms with Crippen molar-refractivity contribution in [1.29, 1.82) is 10.5 Å². The molecule has 0 aliphatic rings. The van der Waals surface area contributed by atoms with Crippen LogP contribution >= 0.6 is 0 Å². The second-order valence-corrected chi connectivity index (χ2v) is 3.47. The van der Waals surface area contributed by atoms with Crippen LogP contribution in [0.5, 0.6) is 0 Å². The van der Waals surface area contributed by atoms with E-state index in [4.69, 9.17) is 10.5 Å². The molecule has 0 fully saturated rings. The molecule has 0 bridgehead atoms. The van der Waals surface area contributed by atoms with Crippen molar-refractivity contribution in [3.8, 4) is 12.1 Å². The van der Waals surface area contributed by atoms with Crippen LogP contribution in [0.15, 0.2) is 0 Å². The van der Waals surface area contributed by atoms with Gasteiger partial charge in [0.15, 0.2) is 0 Å². The monoisotopic (exact) mass is 184 g/mol.